The minimum atomic E-state index is 0.494. The summed E-state index contributed by atoms with van der Waals surface area (Å²) in [6, 6.07) is 8.45. The molecule has 0 fully saturated rings. The molecule has 0 aliphatic heterocycles. The van der Waals surface area contributed by atoms with Crippen LogP contribution in [0.25, 0.3) is 0 Å². The van der Waals surface area contributed by atoms with Crippen molar-refractivity contribution in [3.63, 3.8) is 0 Å². The van der Waals surface area contributed by atoms with Gasteiger partial charge in [-0.15, -0.1) is 0 Å². The van der Waals surface area contributed by atoms with Crippen LogP contribution in [0.15, 0.2) is 28.7 Å². The van der Waals surface area contributed by atoms with Gasteiger partial charge >= 0.3 is 0 Å². The van der Waals surface area contributed by atoms with Crippen molar-refractivity contribution in [2.24, 2.45) is 0 Å². The predicted octanol–water partition coefficient (Wildman–Crippen LogP) is 4.54. The maximum atomic E-state index is 3.64. The fraction of sp³-hybridized carbons (Fsp3) is 0.400. The Morgan fingerprint density at radius 2 is 1.69 bits per heavy atom. The van der Waals surface area contributed by atoms with Gasteiger partial charge in [0.2, 0.25) is 0 Å². The Labute approximate surface area is 104 Å². The molecule has 0 aliphatic carbocycles. The van der Waals surface area contributed by atoms with Crippen molar-refractivity contribution in [1.29, 1.82) is 0 Å². The first-order chi connectivity index (χ1) is 6.09. The molecule has 72 valence electrons. The summed E-state index contributed by atoms with van der Waals surface area (Å²) in [5.74, 6) is 0. The topological polar surface area (TPSA) is 0 Å². The van der Waals surface area contributed by atoms with Crippen molar-refractivity contribution < 1.29 is 0 Å². The molecule has 0 N–H and O–H groups in total. The summed E-state index contributed by atoms with van der Waals surface area (Å²) in [4.78, 5) is 0.991. The maximum absolute atomic E-state index is 3.64. The van der Waals surface area contributed by atoms with Gasteiger partial charge in [0.25, 0.3) is 0 Å². The van der Waals surface area contributed by atoms with Crippen LogP contribution in [0.5, 0.6) is 0 Å². The van der Waals surface area contributed by atoms with Crippen LogP contribution in [-0.4, -0.2) is 9.65 Å². The summed E-state index contributed by atoms with van der Waals surface area (Å²) < 4.78 is 1.13. The van der Waals surface area contributed by atoms with Crippen LogP contribution < -0.4 is 0 Å². The van der Waals surface area contributed by atoms with Gasteiger partial charge in [-0.3, -0.25) is 0 Å². The highest BCUT2D eigenvalue weighted by Crippen LogP contribution is 2.19. The van der Waals surface area contributed by atoms with Crippen molar-refractivity contribution in [2.75, 3.05) is 0 Å². The number of benzene rings is 1. The van der Waals surface area contributed by atoms with E-state index < -0.39 is 0 Å². The van der Waals surface area contributed by atoms with E-state index in [0.29, 0.717) is 9.65 Å². The molecule has 1 rings (SSSR count). The van der Waals surface area contributed by atoms with Gasteiger partial charge in [-0.25, -0.2) is 0 Å². The summed E-state index contributed by atoms with van der Waals surface area (Å²) in [6.45, 7) is 2.15. The second-order valence-electron chi connectivity index (χ2n) is 3.02. The van der Waals surface area contributed by atoms with E-state index in [2.05, 4.69) is 79.0 Å². The molecule has 0 heterocycles. The highest BCUT2D eigenvalue weighted by molar-refractivity contribution is 9.12. The second kappa shape index (κ2) is 5.52. The van der Waals surface area contributed by atoms with Crippen molar-refractivity contribution in [3.8, 4) is 0 Å². The molecule has 1 aromatic carbocycles. The van der Waals surface area contributed by atoms with Gasteiger partial charge in [0.15, 0.2) is 0 Å². The third-order valence-corrected chi connectivity index (χ3v) is 4.84. The lowest BCUT2D eigenvalue weighted by molar-refractivity contribution is 0.857. The first kappa shape index (κ1) is 11.7. The monoisotopic (exact) mass is 368 g/mol. The Balaban J connectivity index is 2.59. The van der Waals surface area contributed by atoms with E-state index in [-0.39, 0.29) is 0 Å². The zero-order valence-electron chi connectivity index (χ0n) is 7.31. The van der Waals surface area contributed by atoms with Crippen LogP contribution in [-0.2, 0) is 6.42 Å². The fourth-order valence-electron chi connectivity index (χ4n) is 1.01. The maximum Gasteiger partial charge on any atom is 0.0308 e. The van der Waals surface area contributed by atoms with E-state index in [0.717, 1.165) is 10.9 Å². The van der Waals surface area contributed by atoms with Crippen LogP contribution in [0.1, 0.15) is 12.5 Å². The van der Waals surface area contributed by atoms with Crippen molar-refractivity contribution in [3.05, 3.63) is 34.3 Å². The molecule has 13 heavy (non-hydrogen) atoms. The normalized spacial score (nSPS) is 15.4. The van der Waals surface area contributed by atoms with Crippen LogP contribution in [0.4, 0.5) is 0 Å². The molecule has 0 spiro atoms. The molecule has 1 aromatic rings. The summed E-state index contributed by atoms with van der Waals surface area (Å²) in [7, 11) is 0. The van der Waals surface area contributed by atoms with E-state index in [9.17, 15) is 0 Å². The van der Waals surface area contributed by atoms with Gasteiger partial charge in [0.05, 0.1) is 0 Å². The van der Waals surface area contributed by atoms with E-state index in [1.165, 1.54) is 5.56 Å². The minimum Gasteiger partial charge on any atom is -0.0881 e. The SMILES string of the molecule is CC(Br)C(Br)Cc1ccc(Br)cc1. The first-order valence-corrected chi connectivity index (χ1v) is 6.74. The molecule has 0 radical (unpaired) electrons. The smallest absolute Gasteiger partial charge is 0.0308 e. The van der Waals surface area contributed by atoms with Gasteiger partial charge in [-0.05, 0) is 24.1 Å². The lowest BCUT2D eigenvalue weighted by atomic mass is 10.1. The molecule has 2 unspecified atom stereocenters. The lowest BCUT2D eigenvalue weighted by Gasteiger charge is -2.11. The van der Waals surface area contributed by atoms with Crippen LogP contribution in [0, 0.1) is 0 Å². The largest absolute Gasteiger partial charge is 0.0881 e. The molecule has 0 nitrogen and oxygen atoms in total. The molecule has 0 aromatic heterocycles. The number of hydrogen-bond donors (Lipinski definition) is 0. The molecule has 0 saturated carbocycles. The molecule has 0 bridgehead atoms. The predicted molar refractivity (Wildman–Crippen MR) is 69.0 cm³/mol. The van der Waals surface area contributed by atoms with Crippen LogP contribution in [0.3, 0.4) is 0 Å². The van der Waals surface area contributed by atoms with E-state index in [4.69, 9.17) is 0 Å². The van der Waals surface area contributed by atoms with Gasteiger partial charge in [0.1, 0.15) is 0 Å². The van der Waals surface area contributed by atoms with Crippen LogP contribution in [0.2, 0.25) is 0 Å². The average Bonchev–Trinajstić information content (AvgIpc) is 2.08. The molecule has 3 heteroatoms. The Bertz CT molecular complexity index is 253. The summed E-state index contributed by atoms with van der Waals surface area (Å²) in [5, 5.41) is 0. The lowest BCUT2D eigenvalue weighted by Crippen LogP contribution is -2.12. The minimum absolute atomic E-state index is 0.494. The number of halogens is 3. The van der Waals surface area contributed by atoms with Crippen molar-refractivity contribution >= 4 is 47.8 Å². The second-order valence-corrected chi connectivity index (χ2v) is 6.56. The Morgan fingerprint density at radius 1 is 1.15 bits per heavy atom. The van der Waals surface area contributed by atoms with Gasteiger partial charge in [0, 0.05) is 14.1 Å². The molecule has 0 amide bonds. The quantitative estimate of drug-likeness (QED) is 0.685. The highest BCUT2D eigenvalue weighted by Gasteiger charge is 2.10. The van der Waals surface area contributed by atoms with Crippen molar-refractivity contribution in [1.82, 2.24) is 0 Å². The van der Waals surface area contributed by atoms with Crippen LogP contribution >= 0.6 is 47.8 Å². The standard InChI is InChI=1S/C10H11Br3/c1-7(11)10(13)6-8-2-4-9(12)5-3-8/h2-5,7,10H,6H2,1H3. The summed E-state index contributed by atoms with van der Waals surface area (Å²) in [5.41, 5.74) is 1.36. The Kier molecular flexibility index (Phi) is 4.98. The van der Waals surface area contributed by atoms with E-state index in [1.54, 1.807) is 0 Å². The van der Waals surface area contributed by atoms with Gasteiger partial charge in [-0.1, -0.05) is 66.8 Å². The van der Waals surface area contributed by atoms with Crippen molar-refractivity contribution in [2.45, 2.75) is 23.0 Å². The zero-order chi connectivity index (χ0) is 9.84. The third kappa shape index (κ3) is 4.13. The number of alkyl halides is 2. The Hall–Kier alpha value is 0.660. The Morgan fingerprint density at radius 3 is 2.15 bits per heavy atom. The van der Waals surface area contributed by atoms with Gasteiger partial charge in [-0.2, -0.15) is 0 Å². The molecular weight excluding hydrogens is 360 g/mol. The first-order valence-electron chi connectivity index (χ1n) is 4.12. The van der Waals surface area contributed by atoms with E-state index in [1.807, 2.05) is 0 Å². The summed E-state index contributed by atoms with van der Waals surface area (Å²) >= 11 is 10.6. The molecule has 0 saturated heterocycles. The van der Waals surface area contributed by atoms with E-state index >= 15 is 0 Å². The molecule has 2 atom stereocenters. The highest BCUT2D eigenvalue weighted by atomic mass is 79.9. The number of hydrogen-bond acceptors (Lipinski definition) is 0. The molecular formula is C10H11Br3. The molecule has 0 aliphatic rings. The fourth-order valence-corrected chi connectivity index (χ4v) is 1.83. The zero-order valence-corrected chi connectivity index (χ0v) is 12.1. The average molecular weight is 371 g/mol. The third-order valence-electron chi connectivity index (χ3n) is 1.84. The van der Waals surface area contributed by atoms with Gasteiger partial charge < -0.3 is 0 Å². The summed E-state index contributed by atoms with van der Waals surface area (Å²) in [6.07, 6.45) is 1.06. The number of rotatable bonds is 3.